The van der Waals surface area contributed by atoms with E-state index in [2.05, 4.69) is 90.5 Å². The number of hydrogen-bond donors (Lipinski definition) is 1. The van der Waals surface area contributed by atoms with Gasteiger partial charge in [-0.15, -0.1) is 0 Å². The summed E-state index contributed by atoms with van der Waals surface area (Å²) in [7, 11) is 4.33. The van der Waals surface area contributed by atoms with Crippen molar-refractivity contribution in [2.24, 2.45) is 5.92 Å². The molecule has 1 N–H and O–H groups in total. The Morgan fingerprint density at radius 1 is 0.973 bits per heavy atom. The van der Waals surface area contributed by atoms with Crippen LogP contribution in [0.5, 0.6) is 0 Å². The molecule has 0 radical (unpaired) electrons. The average molecular weight is 500 g/mol. The largest absolute Gasteiger partial charge is 0.353 e. The lowest BCUT2D eigenvalue weighted by Crippen LogP contribution is -2.42. The minimum atomic E-state index is 0.0514. The summed E-state index contributed by atoms with van der Waals surface area (Å²) in [5.41, 5.74) is 5.09. The van der Waals surface area contributed by atoms with Crippen molar-refractivity contribution in [3.8, 4) is 0 Å². The number of fused-ring (bicyclic) bond motifs is 1. The van der Waals surface area contributed by atoms with E-state index in [-0.39, 0.29) is 11.8 Å². The SMILES string of the molecule is Cc1cccc(C(CC(=O)N[C@H]2CC[C@H](N(C)C)CC2)c2cn(CC3CCCCC3)c3ccccc23)c1. The third-order valence-electron chi connectivity index (χ3n) is 9.00. The molecule has 4 nitrogen and oxygen atoms in total. The molecule has 1 aromatic heterocycles. The Morgan fingerprint density at radius 3 is 2.46 bits per heavy atom. The molecular formula is C33H45N3O. The van der Waals surface area contributed by atoms with Crippen LogP contribution in [0.2, 0.25) is 0 Å². The number of carbonyl (C=O) groups is 1. The summed E-state index contributed by atoms with van der Waals surface area (Å²) >= 11 is 0. The van der Waals surface area contributed by atoms with Crippen molar-refractivity contribution in [1.29, 1.82) is 0 Å². The first-order valence-electron chi connectivity index (χ1n) is 14.6. The van der Waals surface area contributed by atoms with Gasteiger partial charge in [-0.25, -0.2) is 0 Å². The monoisotopic (exact) mass is 499 g/mol. The molecule has 0 bridgehead atoms. The standard InChI is InChI=1S/C33H45N3O/c1-24-10-9-13-26(20-24)30(21-33(37)34-27-16-18-28(19-17-27)35(2)3)31-23-36(22-25-11-5-4-6-12-25)32-15-8-7-14-29(31)32/h7-10,13-15,20,23,25,27-28,30H,4-6,11-12,16-19,21-22H2,1-3H3,(H,34,37)/t27-,28-,30?. The third kappa shape index (κ3) is 6.29. The van der Waals surface area contributed by atoms with Gasteiger partial charge in [0.25, 0.3) is 0 Å². The predicted octanol–water partition coefficient (Wildman–Crippen LogP) is 7.04. The van der Waals surface area contributed by atoms with Gasteiger partial charge in [-0.3, -0.25) is 4.79 Å². The van der Waals surface area contributed by atoms with Crippen LogP contribution in [0.3, 0.4) is 0 Å². The lowest BCUT2D eigenvalue weighted by atomic mass is 9.86. The fourth-order valence-electron chi connectivity index (χ4n) is 6.85. The summed E-state index contributed by atoms with van der Waals surface area (Å²) in [6, 6.07) is 18.5. The number of carbonyl (C=O) groups excluding carboxylic acids is 1. The molecule has 0 aliphatic heterocycles. The quantitative estimate of drug-likeness (QED) is 0.361. The number of hydrogen-bond acceptors (Lipinski definition) is 2. The molecular weight excluding hydrogens is 454 g/mol. The first-order valence-corrected chi connectivity index (χ1v) is 14.6. The normalized spacial score (nSPS) is 21.8. The Kier molecular flexibility index (Phi) is 8.34. The first-order chi connectivity index (χ1) is 18.0. The first kappa shape index (κ1) is 26.0. The van der Waals surface area contributed by atoms with Gasteiger partial charge in [0.2, 0.25) is 5.91 Å². The number of para-hydroxylation sites is 1. The highest BCUT2D eigenvalue weighted by Crippen LogP contribution is 2.36. The molecule has 5 rings (SSSR count). The summed E-state index contributed by atoms with van der Waals surface area (Å²) in [4.78, 5) is 15.8. The molecule has 1 unspecified atom stereocenters. The van der Waals surface area contributed by atoms with E-state index in [4.69, 9.17) is 0 Å². The fraction of sp³-hybridized carbons (Fsp3) is 0.545. The Bertz CT molecular complexity index is 1180. The summed E-state index contributed by atoms with van der Waals surface area (Å²) in [6.07, 6.45) is 14.1. The van der Waals surface area contributed by atoms with E-state index < -0.39 is 0 Å². The number of nitrogens with zero attached hydrogens (tertiary/aromatic N) is 2. The summed E-state index contributed by atoms with van der Waals surface area (Å²) in [5.74, 6) is 0.995. The van der Waals surface area contributed by atoms with E-state index in [0.29, 0.717) is 18.5 Å². The van der Waals surface area contributed by atoms with E-state index >= 15 is 0 Å². The number of rotatable bonds is 8. The molecule has 198 valence electrons. The zero-order valence-electron chi connectivity index (χ0n) is 23.1. The van der Waals surface area contributed by atoms with E-state index in [1.807, 2.05) is 0 Å². The van der Waals surface area contributed by atoms with Crippen LogP contribution < -0.4 is 5.32 Å². The molecule has 0 spiro atoms. The second-order valence-corrected chi connectivity index (χ2v) is 12.0. The van der Waals surface area contributed by atoms with Crippen molar-refractivity contribution in [2.75, 3.05) is 14.1 Å². The van der Waals surface area contributed by atoms with Crippen molar-refractivity contribution in [3.63, 3.8) is 0 Å². The van der Waals surface area contributed by atoms with Gasteiger partial charge in [0.1, 0.15) is 0 Å². The minimum Gasteiger partial charge on any atom is -0.353 e. The van der Waals surface area contributed by atoms with Crippen LogP contribution in [0, 0.1) is 12.8 Å². The van der Waals surface area contributed by atoms with Crippen LogP contribution >= 0.6 is 0 Å². The van der Waals surface area contributed by atoms with Crippen LogP contribution in [-0.4, -0.2) is 41.6 Å². The summed E-state index contributed by atoms with van der Waals surface area (Å²) < 4.78 is 2.49. The lowest BCUT2D eigenvalue weighted by Gasteiger charge is -2.33. The molecule has 1 atom stereocenters. The van der Waals surface area contributed by atoms with Gasteiger partial charge in [-0.05, 0) is 82.7 Å². The summed E-state index contributed by atoms with van der Waals surface area (Å²) in [5, 5.41) is 4.71. The maximum Gasteiger partial charge on any atom is 0.221 e. The van der Waals surface area contributed by atoms with Gasteiger partial charge >= 0.3 is 0 Å². The summed E-state index contributed by atoms with van der Waals surface area (Å²) in [6.45, 7) is 3.23. The van der Waals surface area contributed by atoms with Gasteiger partial charge in [-0.2, -0.15) is 0 Å². The van der Waals surface area contributed by atoms with Crippen molar-refractivity contribution in [3.05, 3.63) is 71.4 Å². The maximum absolute atomic E-state index is 13.5. The van der Waals surface area contributed by atoms with E-state index in [1.165, 1.54) is 59.7 Å². The highest BCUT2D eigenvalue weighted by atomic mass is 16.1. The Balaban J connectivity index is 1.41. The van der Waals surface area contributed by atoms with E-state index in [9.17, 15) is 4.79 Å². The minimum absolute atomic E-state index is 0.0514. The molecule has 2 aromatic carbocycles. The number of aryl methyl sites for hydroxylation is 1. The van der Waals surface area contributed by atoms with E-state index in [0.717, 1.165) is 38.1 Å². The fourth-order valence-corrected chi connectivity index (χ4v) is 6.85. The smallest absolute Gasteiger partial charge is 0.221 e. The molecule has 0 saturated heterocycles. The van der Waals surface area contributed by atoms with Crippen LogP contribution in [-0.2, 0) is 11.3 Å². The number of amides is 1. The van der Waals surface area contributed by atoms with Gasteiger partial charge < -0.3 is 14.8 Å². The highest BCUT2D eigenvalue weighted by Gasteiger charge is 2.27. The van der Waals surface area contributed by atoms with Crippen LogP contribution in [0.1, 0.15) is 86.8 Å². The topological polar surface area (TPSA) is 37.3 Å². The van der Waals surface area contributed by atoms with Crippen LogP contribution in [0.4, 0.5) is 0 Å². The van der Waals surface area contributed by atoms with Crippen LogP contribution in [0.15, 0.2) is 54.7 Å². The number of nitrogens with one attached hydrogen (secondary N) is 1. The molecule has 4 heteroatoms. The molecule has 2 aliphatic carbocycles. The van der Waals surface area contributed by atoms with E-state index in [1.54, 1.807) is 0 Å². The Labute approximate surface area is 223 Å². The second kappa shape index (κ2) is 11.9. The molecule has 2 aliphatic rings. The van der Waals surface area contributed by atoms with Gasteiger partial charge in [0.05, 0.1) is 0 Å². The zero-order chi connectivity index (χ0) is 25.8. The molecule has 2 fully saturated rings. The molecule has 3 aromatic rings. The van der Waals surface area contributed by atoms with Gasteiger partial charge in [0, 0.05) is 48.1 Å². The van der Waals surface area contributed by atoms with Crippen molar-refractivity contribution in [2.45, 2.75) is 95.7 Å². The molecule has 2 saturated carbocycles. The Morgan fingerprint density at radius 2 is 1.73 bits per heavy atom. The predicted molar refractivity (Wildman–Crippen MR) is 154 cm³/mol. The molecule has 1 amide bonds. The third-order valence-corrected chi connectivity index (χ3v) is 9.00. The number of benzene rings is 2. The molecule has 1 heterocycles. The Hall–Kier alpha value is -2.59. The van der Waals surface area contributed by atoms with Crippen molar-refractivity contribution in [1.82, 2.24) is 14.8 Å². The number of aromatic nitrogens is 1. The highest BCUT2D eigenvalue weighted by molar-refractivity contribution is 5.86. The molecule has 37 heavy (non-hydrogen) atoms. The van der Waals surface area contributed by atoms with Crippen molar-refractivity contribution < 1.29 is 4.79 Å². The van der Waals surface area contributed by atoms with Crippen LogP contribution in [0.25, 0.3) is 10.9 Å². The van der Waals surface area contributed by atoms with Gasteiger partial charge in [-0.1, -0.05) is 67.3 Å². The van der Waals surface area contributed by atoms with Gasteiger partial charge in [0.15, 0.2) is 0 Å². The lowest BCUT2D eigenvalue weighted by molar-refractivity contribution is -0.122. The second-order valence-electron chi connectivity index (χ2n) is 12.0. The zero-order valence-corrected chi connectivity index (χ0v) is 23.1. The average Bonchev–Trinajstić information content (AvgIpc) is 3.26. The maximum atomic E-state index is 13.5. The van der Waals surface area contributed by atoms with Crippen molar-refractivity contribution >= 4 is 16.8 Å².